The van der Waals surface area contributed by atoms with Gasteiger partial charge in [-0.3, -0.25) is 5.41 Å². The zero-order chi connectivity index (χ0) is 22.7. The SMILES string of the molecule is Cc1cc(-c2noc([C@@H]3CCCN3C(=N)N)n2)ccc1OCCCc1ccc(Cl)c(Cl)c1. The maximum atomic E-state index is 7.72. The molecule has 1 fully saturated rings. The van der Waals surface area contributed by atoms with E-state index >= 15 is 0 Å². The number of hydrogen-bond acceptors (Lipinski definition) is 5. The summed E-state index contributed by atoms with van der Waals surface area (Å²) in [6, 6.07) is 11.4. The maximum Gasteiger partial charge on any atom is 0.249 e. The molecule has 7 nitrogen and oxygen atoms in total. The van der Waals surface area contributed by atoms with Crippen LogP contribution in [0.15, 0.2) is 40.9 Å². The summed E-state index contributed by atoms with van der Waals surface area (Å²) in [5, 5.41) is 13.0. The first-order valence-corrected chi connectivity index (χ1v) is 11.3. The number of guanidine groups is 1. The molecule has 1 aliphatic heterocycles. The molecule has 0 aliphatic carbocycles. The van der Waals surface area contributed by atoms with Gasteiger partial charge in [0.1, 0.15) is 11.8 Å². The van der Waals surface area contributed by atoms with Crippen LogP contribution in [0.25, 0.3) is 11.4 Å². The third-order valence-corrected chi connectivity index (χ3v) is 6.31. The van der Waals surface area contributed by atoms with Crippen molar-refractivity contribution in [2.45, 2.75) is 38.6 Å². The maximum absolute atomic E-state index is 7.72. The van der Waals surface area contributed by atoms with Crippen molar-refractivity contribution >= 4 is 29.2 Å². The lowest BCUT2D eigenvalue weighted by Crippen LogP contribution is -2.35. The number of likely N-dealkylation sites (tertiary alicyclic amines) is 1. The van der Waals surface area contributed by atoms with Gasteiger partial charge >= 0.3 is 0 Å². The Hall–Kier alpha value is -2.77. The van der Waals surface area contributed by atoms with Crippen LogP contribution in [0.1, 0.15) is 42.3 Å². The number of aryl methyl sites for hydroxylation is 2. The number of nitrogens with one attached hydrogen (secondary N) is 1. The predicted molar refractivity (Wildman–Crippen MR) is 125 cm³/mol. The van der Waals surface area contributed by atoms with Gasteiger partial charge in [0.15, 0.2) is 5.96 Å². The lowest BCUT2D eigenvalue weighted by Gasteiger charge is -2.21. The van der Waals surface area contributed by atoms with Crippen molar-refractivity contribution < 1.29 is 9.26 Å². The minimum atomic E-state index is -0.132. The van der Waals surface area contributed by atoms with Crippen LogP contribution in [0.3, 0.4) is 0 Å². The average Bonchev–Trinajstić information content (AvgIpc) is 3.44. The molecule has 3 aromatic rings. The van der Waals surface area contributed by atoms with Gasteiger partial charge in [0.25, 0.3) is 0 Å². The zero-order valence-corrected chi connectivity index (χ0v) is 19.3. The minimum absolute atomic E-state index is 0.0313. The summed E-state index contributed by atoms with van der Waals surface area (Å²) in [4.78, 5) is 6.34. The molecule has 4 rings (SSSR count). The van der Waals surface area contributed by atoms with E-state index in [1.165, 1.54) is 0 Å². The molecule has 0 amide bonds. The zero-order valence-electron chi connectivity index (χ0n) is 17.8. The average molecular weight is 474 g/mol. The third-order valence-electron chi connectivity index (χ3n) is 5.57. The number of ether oxygens (including phenoxy) is 1. The van der Waals surface area contributed by atoms with Crippen LogP contribution in [-0.4, -0.2) is 34.2 Å². The first-order chi connectivity index (χ1) is 15.4. The third kappa shape index (κ3) is 5.00. The van der Waals surface area contributed by atoms with Gasteiger partial charge in [-0.2, -0.15) is 4.98 Å². The Morgan fingerprint density at radius 3 is 2.84 bits per heavy atom. The molecule has 2 aromatic carbocycles. The summed E-state index contributed by atoms with van der Waals surface area (Å²) in [7, 11) is 0. The molecule has 0 unspecified atom stereocenters. The van der Waals surface area contributed by atoms with Gasteiger partial charge in [-0.15, -0.1) is 0 Å². The van der Waals surface area contributed by atoms with E-state index in [4.69, 9.17) is 43.6 Å². The highest BCUT2D eigenvalue weighted by Gasteiger charge is 2.31. The van der Waals surface area contributed by atoms with E-state index in [9.17, 15) is 0 Å². The number of nitrogens with zero attached hydrogens (tertiary/aromatic N) is 3. The van der Waals surface area contributed by atoms with Gasteiger partial charge in [0, 0.05) is 12.1 Å². The smallest absolute Gasteiger partial charge is 0.249 e. The van der Waals surface area contributed by atoms with Crippen LogP contribution in [0, 0.1) is 12.3 Å². The van der Waals surface area contributed by atoms with Crippen LogP contribution in [0.5, 0.6) is 5.75 Å². The van der Waals surface area contributed by atoms with Crippen molar-refractivity contribution in [3.8, 4) is 17.1 Å². The molecule has 1 atom stereocenters. The van der Waals surface area contributed by atoms with E-state index in [1.54, 1.807) is 4.90 Å². The first kappa shape index (κ1) is 22.4. The van der Waals surface area contributed by atoms with Crippen molar-refractivity contribution in [2.24, 2.45) is 5.73 Å². The molecule has 2 heterocycles. The molecular formula is C23H25Cl2N5O2. The number of nitrogens with two attached hydrogens (primary N) is 1. The minimum Gasteiger partial charge on any atom is -0.493 e. The lowest BCUT2D eigenvalue weighted by atomic mass is 10.1. The van der Waals surface area contributed by atoms with Crippen LogP contribution >= 0.6 is 23.2 Å². The number of hydrogen-bond donors (Lipinski definition) is 2. The molecule has 0 bridgehead atoms. The van der Waals surface area contributed by atoms with E-state index in [1.807, 2.05) is 43.3 Å². The number of rotatable bonds is 7. The van der Waals surface area contributed by atoms with Crippen LogP contribution in [0.4, 0.5) is 0 Å². The van der Waals surface area contributed by atoms with Gasteiger partial charge in [0.2, 0.25) is 11.7 Å². The van der Waals surface area contributed by atoms with Crippen molar-refractivity contribution in [2.75, 3.05) is 13.2 Å². The number of aromatic nitrogens is 2. The van der Waals surface area contributed by atoms with Crippen LogP contribution in [-0.2, 0) is 6.42 Å². The summed E-state index contributed by atoms with van der Waals surface area (Å²) in [6.45, 7) is 3.32. The summed E-state index contributed by atoms with van der Waals surface area (Å²) >= 11 is 12.0. The molecule has 168 valence electrons. The Morgan fingerprint density at radius 1 is 1.25 bits per heavy atom. The quantitative estimate of drug-likeness (QED) is 0.270. The van der Waals surface area contributed by atoms with Crippen molar-refractivity contribution in [1.82, 2.24) is 15.0 Å². The Labute approximate surface area is 197 Å². The Bertz CT molecular complexity index is 1120. The molecule has 0 radical (unpaired) electrons. The molecule has 3 N–H and O–H groups in total. The van der Waals surface area contributed by atoms with E-state index < -0.39 is 0 Å². The number of benzene rings is 2. The largest absolute Gasteiger partial charge is 0.493 e. The molecule has 32 heavy (non-hydrogen) atoms. The Balaban J connectivity index is 1.35. The van der Waals surface area contributed by atoms with Gasteiger partial charge in [-0.25, -0.2) is 0 Å². The van der Waals surface area contributed by atoms with Crippen molar-refractivity contribution in [1.29, 1.82) is 5.41 Å². The summed E-state index contributed by atoms with van der Waals surface area (Å²) < 4.78 is 11.4. The monoisotopic (exact) mass is 473 g/mol. The molecule has 1 aromatic heterocycles. The summed E-state index contributed by atoms with van der Waals surface area (Å²) in [5.41, 5.74) is 8.65. The molecule has 0 saturated carbocycles. The van der Waals surface area contributed by atoms with Crippen LogP contribution in [0.2, 0.25) is 10.0 Å². The topological polar surface area (TPSA) is 101 Å². The summed E-state index contributed by atoms with van der Waals surface area (Å²) in [5.74, 6) is 1.87. The second kappa shape index (κ2) is 9.79. The van der Waals surface area contributed by atoms with Gasteiger partial charge in [-0.05, 0) is 74.1 Å². The van der Waals surface area contributed by atoms with Crippen molar-refractivity contribution in [3.05, 3.63) is 63.5 Å². The molecule has 0 spiro atoms. The normalized spacial score (nSPS) is 15.8. The highest BCUT2D eigenvalue weighted by molar-refractivity contribution is 6.42. The lowest BCUT2D eigenvalue weighted by molar-refractivity contribution is 0.283. The Kier molecular flexibility index (Phi) is 6.86. The summed E-state index contributed by atoms with van der Waals surface area (Å²) in [6.07, 6.45) is 3.51. The van der Waals surface area contributed by atoms with E-state index in [0.29, 0.717) is 28.4 Å². The van der Waals surface area contributed by atoms with E-state index in [0.717, 1.165) is 54.7 Å². The predicted octanol–water partition coefficient (Wildman–Crippen LogP) is 5.39. The molecule has 1 aliphatic rings. The molecule has 1 saturated heterocycles. The van der Waals surface area contributed by atoms with E-state index in [2.05, 4.69) is 10.1 Å². The second-order valence-corrected chi connectivity index (χ2v) is 8.69. The highest BCUT2D eigenvalue weighted by Crippen LogP contribution is 2.32. The Morgan fingerprint density at radius 2 is 2.09 bits per heavy atom. The standard InChI is InChI=1S/C23H25Cl2N5O2/c1-14-12-16(21-28-22(32-29-21)19-5-2-10-30(19)23(26)27)7-9-20(14)31-11-3-4-15-6-8-17(24)18(25)13-15/h6-9,12-13,19H,2-5,10-11H2,1H3,(H3,26,27)/t19-/m0/s1. The molecular weight excluding hydrogens is 449 g/mol. The number of halogens is 2. The second-order valence-electron chi connectivity index (χ2n) is 7.87. The fourth-order valence-corrected chi connectivity index (χ4v) is 4.22. The molecule has 9 heteroatoms. The van der Waals surface area contributed by atoms with Gasteiger partial charge < -0.3 is 19.9 Å². The van der Waals surface area contributed by atoms with Crippen LogP contribution < -0.4 is 10.5 Å². The van der Waals surface area contributed by atoms with Gasteiger partial charge in [0.05, 0.1) is 16.7 Å². The fourth-order valence-electron chi connectivity index (χ4n) is 3.90. The van der Waals surface area contributed by atoms with E-state index in [-0.39, 0.29) is 12.0 Å². The first-order valence-electron chi connectivity index (χ1n) is 10.5. The fraction of sp³-hybridized carbons (Fsp3) is 0.348. The van der Waals surface area contributed by atoms with Gasteiger partial charge in [-0.1, -0.05) is 34.4 Å². The highest BCUT2D eigenvalue weighted by atomic mass is 35.5. The van der Waals surface area contributed by atoms with Crippen molar-refractivity contribution in [3.63, 3.8) is 0 Å².